The van der Waals surface area contributed by atoms with E-state index < -0.39 is 20.0 Å². The highest BCUT2D eigenvalue weighted by molar-refractivity contribution is 6.76. The van der Waals surface area contributed by atoms with Gasteiger partial charge in [0.05, 0.1) is 0 Å². The van der Waals surface area contributed by atoms with Crippen LogP contribution in [0.25, 0.3) is 0 Å². The van der Waals surface area contributed by atoms with E-state index in [4.69, 9.17) is 0 Å². The van der Waals surface area contributed by atoms with Crippen LogP contribution in [0.2, 0.25) is 25.7 Å². The van der Waals surface area contributed by atoms with Crippen LogP contribution in [0.1, 0.15) is 58.8 Å². The van der Waals surface area contributed by atoms with E-state index in [-0.39, 0.29) is 17.1 Å². The molecule has 0 aliphatic rings. The number of hydrogen-bond donors (Lipinski definition) is 2. The number of carboxylic acids is 2. The van der Waals surface area contributed by atoms with Crippen LogP contribution in [0.5, 0.6) is 0 Å². The first-order valence-electron chi connectivity index (χ1n) is 8.81. The Balaban J connectivity index is 5.19. The molecule has 0 rings (SSSR count). The molecule has 1 unspecified atom stereocenters. The van der Waals surface area contributed by atoms with Gasteiger partial charge >= 0.3 is 11.9 Å². The molecule has 2 N–H and O–H groups in total. The summed E-state index contributed by atoms with van der Waals surface area (Å²) in [6, 6.07) is 1.02. The van der Waals surface area contributed by atoms with E-state index in [1.165, 1.54) is 0 Å². The van der Waals surface area contributed by atoms with Crippen molar-refractivity contribution in [1.82, 2.24) is 0 Å². The third kappa shape index (κ3) is 9.59. The molecule has 0 saturated heterocycles. The lowest BCUT2D eigenvalue weighted by atomic mass is 9.89. The summed E-state index contributed by atoms with van der Waals surface area (Å²) < 4.78 is 0. The van der Waals surface area contributed by atoms with Crippen LogP contribution in [0, 0.1) is 5.92 Å². The van der Waals surface area contributed by atoms with Crippen LogP contribution in [0.15, 0.2) is 11.1 Å². The summed E-state index contributed by atoms with van der Waals surface area (Å²) in [4.78, 5) is 23.2. The molecule has 0 aromatic rings. The maximum atomic E-state index is 11.6. The summed E-state index contributed by atoms with van der Waals surface area (Å²) in [6.45, 7) is 10.9. The van der Waals surface area contributed by atoms with Crippen LogP contribution in [-0.4, -0.2) is 30.2 Å². The van der Waals surface area contributed by atoms with E-state index in [1.807, 2.05) is 6.92 Å². The van der Waals surface area contributed by atoms with Gasteiger partial charge in [0.1, 0.15) is 0 Å². The number of aliphatic carboxylic acids is 2. The summed E-state index contributed by atoms with van der Waals surface area (Å²) in [5, 5.41) is 19.0. The van der Waals surface area contributed by atoms with Crippen LogP contribution < -0.4 is 0 Å². The Morgan fingerprint density at radius 3 is 1.91 bits per heavy atom. The Labute approximate surface area is 142 Å². The quantitative estimate of drug-likeness (QED) is 0.378. The zero-order valence-electron chi connectivity index (χ0n) is 15.4. The van der Waals surface area contributed by atoms with Gasteiger partial charge in [0, 0.05) is 19.2 Å². The second-order valence-corrected chi connectivity index (χ2v) is 13.2. The molecule has 0 bridgehead atoms. The van der Waals surface area contributed by atoms with Gasteiger partial charge in [0.25, 0.3) is 0 Å². The Morgan fingerprint density at radius 2 is 1.52 bits per heavy atom. The average molecular weight is 343 g/mol. The minimum absolute atomic E-state index is 0.116. The monoisotopic (exact) mass is 342 g/mol. The third-order valence-corrected chi connectivity index (χ3v) is 6.12. The number of carbonyl (C=O) groups is 2. The summed E-state index contributed by atoms with van der Waals surface area (Å²) in [5.41, 5.74) is 0.238. The molecule has 0 aromatic heterocycles. The van der Waals surface area contributed by atoms with Gasteiger partial charge in [-0.2, -0.15) is 0 Å². The zero-order chi connectivity index (χ0) is 18.0. The lowest BCUT2D eigenvalue weighted by Gasteiger charge is -2.18. The zero-order valence-corrected chi connectivity index (χ0v) is 16.4. The fraction of sp³-hybridized carbons (Fsp3) is 0.778. The minimum atomic E-state index is -1.24. The summed E-state index contributed by atoms with van der Waals surface area (Å²) in [5.74, 6) is -1.87. The van der Waals surface area contributed by atoms with E-state index in [0.717, 1.165) is 38.1 Å². The van der Waals surface area contributed by atoms with E-state index in [1.54, 1.807) is 0 Å². The molecule has 1 atom stereocenters. The first kappa shape index (κ1) is 21.9. The van der Waals surface area contributed by atoms with Crippen molar-refractivity contribution in [1.29, 1.82) is 0 Å². The first-order valence-corrected chi connectivity index (χ1v) is 12.5. The van der Waals surface area contributed by atoms with Crippen LogP contribution in [0.4, 0.5) is 0 Å². The molecule has 0 saturated carbocycles. The first-order chi connectivity index (χ1) is 10.6. The Hall–Kier alpha value is -1.10. The largest absolute Gasteiger partial charge is 0.478 e. The van der Waals surface area contributed by atoms with Crippen molar-refractivity contribution in [3.8, 4) is 0 Å². The van der Waals surface area contributed by atoms with Crippen molar-refractivity contribution >= 4 is 20.0 Å². The molecule has 0 radical (unpaired) electrons. The molecule has 23 heavy (non-hydrogen) atoms. The van der Waals surface area contributed by atoms with Gasteiger partial charge in [-0.3, -0.25) is 0 Å². The highest BCUT2D eigenvalue weighted by Crippen LogP contribution is 2.26. The van der Waals surface area contributed by atoms with Crippen LogP contribution in [-0.2, 0) is 9.59 Å². The maximum Gasteiger partial charge on any atom is 0.332 e. The molecule has 134 valence electrons. The van der Waals surface area contributed by atoms with Gasteiger partial charge in [-0.05, 0) is 18.8 Å². The van der Waals surface area contributed by atoms with E-state index in [2.05, 4.69) is 26.6 Å². The Morgan fingerprint density at radius 1 is 0.957 bits per heavy atom. The predicted molar refractivity (Wildman–Crippen MR) is 97.6 cm³/mol. The van der Waals surface area contributed by atoms with Crippen molar-refractivity contribution < 1.29 is 19.8 Å². The third-order valence-electron chi connectivity index (χ3n) is 4.27. The molecule has 5 heteroatoms. The molecule has 0 heterocycles. The summed E-state index contributed by atoms with van der Waals surface area (Å²) in [6.07, 6.45) is 5.49. The molecule has 0 aliphatic heterocycles. The average Bonchev–Trinajstić information content (AvgIpc) is 2.43. The highest BCUT2D eigenvalue weighted by atomic mass is 28.3. The van der Waals surface area contributed by atoms with Crippen LogP contribution >= 0.6 is 0 Å². The Bertz CT molecular complexity index is 421. The van der Waals surface area contributed by atoms with Crippen LogP contribution in [0.3, 0.4) is 0 Å². The molecule has 0 aromatic carbocycles. The SMILES string of the molecule is CCCCC(CC)CC(C(=O)O)=C(CCC[Si](C)(C)C)C(=O)O. The number of hydrogen-bond acceptors (Lipinski definition) is 2. The van der Waals surface area contributed by atoms with Crippen molar-refractivity contribution in [3.63, 3.8) is 0 Å². The van der Waals surface area contributed by atoms with E-state index in [0.29, 0.717) is 12.8 Å². The second-order valence-electron chi connectivity index (χ2n) is 7.60. The van der Waals surface area contributed by atoms with Crippen molar-refractivity contribution in [2.24, 2.45) is 5.92 Å². The number of rotatable bonds is 12. The van der Waals surface area contributed by atoms with Gasteiger partial charge in [0.2, 0.25) is 0 Å². The van der Waals surface area contributed by atoms with Gasteiger partial charge in [-0.25, -0.2) is 9.59 Å². The lowest BCUT2D eigenvalue weighted by Crippen LogP contribution is -2.20. The molecule has 4 nitrogen and oxygen atoms in total. The number of unbranched alkanes of at least 4 members (excludes halogenated alkanes) is 1. The van der Waals surface area contributed by atoms with Crippen molar-refractivity contribution in [3.05, 3.63) is 11.1 Å². The molecule has 0 spiro atoms. The number of carboxylic acid groups (broad SMARTS) is 2. The maximum absolute atomic E-state index is 11.6. The van der Waals surface area contributed by atoms with E-state index >= 15 is 0 Å². The van der Waals surface area contributed by atoms with Gasteiger partial charge in [-0.1, -0.05) is 71.6 Å². The smallest absolute Gasteiger partial charge is 0.332 e. The standard InChI is InChI=1S/C18H34O4Si/c1-6-8-10-14(7-2)13-16(18(21)22)15(17(19)20)11-9-12-23(3,4)5/h14H,6-13H2,1-5H3,(H,19,20)(H,21,22). The van der Waals surface area contributed by atoms with Crippen molar-refractivity contribution in [2.75, 3.05) is 0 Å². The van der Waals surface area contributed by atoms with E-state index in [9.17, 15) is 19.8 Å². The lowest BCUT2D eigenvalue weighted by molar-refractivity contribution is -0.136. The minimum Gasteiger partial charge on any atom is -0.478 e. The summed E-state index contributed by atoms with van der Waals surface area (Å²) in [7, 11) is -1.24. The highest BCUT2D eigenvalue weighted by Gasteiger charge is 2.23. The van der Waals surface area contributed by atoms with Gasteiger partial charge in [0.15, 0.2) is 0 Å². The normalized spacial score (nSPS) is 14.3. The fourth-order valence-electron chi connectivity index (χ4n) is 2.75. The van der Waals surface area contributed by atoms with Crippen molar-refractivity contribution in [2.45, 2.75) is 84.5 Å². The molecule has 0 fully saturated rings. The molecular formula is C18H34O4Si. The molecule has 0 aliphatic carbocycles. The second kappa shape index (κ2) is 10.6. The Kier molecular flexibility index (Phi) is 10.1. The predicted octanol–water partition coefficient (Wildman–Crippen LogP) is 5.18. The molecule has 0 amide bonds. The fourth-order valence-corrected chi connectivity index (χ4v) is 3.99. The topological polar surface area (TPSA) is 74.6 Å². The molecular weight excluding hydrogens is 308 g/mol. The van der Waals surface area contributed by atoms with Gasteiger partial charge in [-0.15, -0.1) is 0 Å². The summed E-state index contributed by atoms with van der Waals surface area (Å²) >= 11 is 0. The van der Waals surface area contributed by atoms with Gasteiger partial charge < -0.3 is 10.2 Å².